The van der Waals surface area contributed by atoms with E-state index in [4.69, 9.17) is 11.0 Å². The van der Waals surface area contributed by atoms with Crippen LogP contribution in [0.15, 0.2) is 23.4 Å². The second-order valence-corrected chi connectivity index (χ2v) is 8.16. The van der Waals surface area contributed by atoms with E-state index in [1.54, 1.807) is 0 Å². The maximum Gasteiger partial charge on any atom is 0.132 e. The van der Waals surface area contributed by atoms with E-state index in [9.17, 15) is 4.79 Å². The van der Waals surface area contributed by atoms with Crippen molar-refractivity contribution in [2.45, 2.75) is 71.6 Å². The Labute approximate surface area is 146 Å². The van der Waals surface area contributed by atoms with E-state index in [0.29, 0.717) is 29.2 Å². The lowest BCUT2D eigenvalue weighted by Crippen LogP contribution is -2.11. The first-order chi connectivity index (χ1) is 11.4. The van der Waals surface area contributed by atoms with Crippen LogP contribution in [0.3, 0.4) is 0 Å². The van der Waals surface area contributed by atoms with Crippen LogP contribution in [0, 0.1) is 17.3 Å². The minimum atomic E-state index is 0.0519. The molecule has 0 spiro atoms. The van der Waals surface area contributed by atoms with Gasteiger partial charge in [-0.05, 0) is 69.1 Å². The molecule has 2 aliphatic rings. The summed E-state index contributed by atoms with van der Waals surface area (Å²) >= 11 is 0. The molecule has 0 aromatic carbocycles. The summed E-state index contributed by atoms with van der Waals surface area (Å²) in [5, 5.41) is 8.52. The Kier molecular flexibility index (Phi) is 6.64. The van der Waals surface area contributed by atoms with E-state index >= 15 is 0 Å². The highest BCUT2D eigenvalue weighted by atomic mass is 17.1. The zero-order chi connectivity index (χ0) is 17.7. The van der Waals surface area contributed by atoms with Crippen molar-refractivity contribution in [1.82, 2.24) is 0 Å². The lowest BCUT2D eigenvalue weighted by molar-refractivity contribution is -0.234. The number of fused-ring (bicyclic) bond motifs is 1. The fourth-order valence-corrected chi connectivity index (χ4v) is 4.06. The summed E-state index contributed by atoms with van der Waals surface area (Å²) < 4.78 is 0. The monoisotopic (exact) mass is 335 g/mol. The molecular formula is C20H33NO3. The second kappa shape index (κ2) is 8.30. The molecule has 24 heavy (non-hydrogen) atoms. The fourth-order valence-electron chi connectivity index (χ4n) is 4.06. The second-order valence-electron chi connectivity index (χ2n) is 8.16. The molecule has 0 radical (unpaired) electrons. The highest BCUT2D eigenvalue weighted by Gasteiger charge is 2.49. The summed E-state index contributed by atoms with van der Waals surface area (Å²) in [4.78, 5) is 16.2. The predicted octanol–water partition coefficient (Wildman–Crippen LogP) is 4.61. The van der Waals surface area contributed by atoms with Crippen LogP contribution in [0.4, 0.5) is 0 Å². The average molecular weight is 335 g/mol. The minimum absolute atomic E-state index is 0.0519. The van der Waals surface area contributed by atoms with E-state index in [0.717, 1.165) is 50.0 Å². The van der Waals surface area contributed by atoms with Gasteiger partial charge >= 0.3 is 0 Å². The highest BCUT2D eigenvalue weighted by molar-refractivity contribution is 5.78. The van der Waals surface area contributed by atoms with Gasteiger partial charge in [0.1, 0.15) is 12.4 Å². The normalized spacial score (nSPS) is 32.6. The van der Waals surface area contributed by atoms with E-state index in [1.807, 2.05) is 6.92 Å². The van der Waals surface area contributed by atoms with Gasteiger partial charge < -0.3 is 5.73 Å². The summed E-state index contributed by atoms with van der Waals surface area (Å²) in [5.41, 5.74) is 9.27. The van der Waals surface area contributed by atoms with Gasteiger partial charge in [-0.2, -0.15) is 0 Å². The quantitative estimate of drug-likeness (QED) is 0.437. The third-order valence-corrected chi connectivity index (χ3v) is 6.24. The Bertz CT molecular complexity index is 511. The number of Topliss-reactive ketones (excluding diaryl/α,β-unsaturated/α-hetero) is 1. The van der Waals surface area contributed by atoms with Crippen LogP contribution >= 0.6 is 0 Å². The van der Waals surface area contributed by atoms with Crippen molar-refractivity contribution in [3.05, 3.63) is 23.4 Å². The summed E-state index contributed by atoms with van der Waals surface area (Å²) in [5.74, 6) is 1.54. The third-order valence-electron chi connectivity index (χ3n) is 6.24. The minimum Gasteiger partial charge on any atom is -0.400 e. The van der Waals surface area contributed by atoms with Crippen LogP contribution in [0.5, 0.6) is 0 Å². The number of rotatable bonds is 5. The van der Waals surface area contributed by atoms with Crippen LogP contribution in [0.25, 0.3) is 0 Å². The largest absolute Gasteiger partial charge is 0.400 e. The highest BCUT2D eigenvalue weighted by Crippen LogP contribution is 2.59. The Morgan fingerprint density at radius 2 is 2.21 bits per heavy atom. The molecule has 0 amide bonds. The standard InChI is InChI=1S/C20H33NO3/c1-14(19(21)13-24-23)6-7-16-8-9-18(22)5-4-10-20(3)12-17(20)11-15(16)2/h16-17,23H,2,4-13,21H2,1,3H3/b19-14-/t16?,17?,20-/m0/s1. The van der Waals surface area contributed by atoms with Gasteiger partial charge in [-0.25, -0.2) is 4.89 Å². The number of carbonyl (C=O) groups is 1. The molecule has 2 aliphatic carbocycles. The van der Waals surface area contributed by atoms with Crippen LogP contribution in [0.2, 0.25) is 0 Å². The lowest BCUT2D eigenvalue weighted by Gasteiger charge is -2.20. The van der Waals surface area contributed by atoms with Crippen LogP contribution in [0.1, 0.15) is 71.6 Å². The molecule has 0 heterocycles. The molecule has 2 unspecified atom stereocenters. The Balaban J connectivity index is 1.98. The maximum absolute atomic E-state index is 12.1. The SMILES string of the molecule is C=C1CC2C[C@]2(C)CCCC(=O)CCC1CC/C(C)=C(\N)COO. The molecule has 4 nitrogen and oxygen atoms in total. The van der Waals surface area contributed by atoms with Crippen molar-refractivity contribution in [3.63, 3.8) is 0 Å². The average Bonchev–Trinajstić information content (AvgIpc) is 3.15. The van der Waals surface area contributed by atoms with Crippen LogP contribution in [-0.4, -0.2) is 17.6 Å². The van der Waals surface area contributed by atoms with Gasteiger partial charge in [0.15, 0.2) is 0 Å². The summed E-state index contributed by atoms with van der Waals surface area (Å²) in [6.07, 6.45) is 8.75. The molecule has 0 saturated heterocycles. The van der Waals surface area contributed by atoms with E-state index in [2.05, 4.69) is 18.4 Å². The number of allylic oxidation sites excluding steroid dienone is 2. The molecule has 0 bridgehead atoms. The van der Waals surface area contributed by atoms with Crippen molar-refractivity contribution < 1.29 is 14.9 Å². The van der Waals surface area contributed by atoms with Gasteiger partial charge in [0.05, 0.1) is 0 Å². The third kappa shape index (κ3) is 5.18. The number of ketones is 1. The van der Waals surface area contributed by atoms with Gasteiger partial charge in [0.2, 0.25) is 0 Å². The van der Waals surface area contributed by atoms with Gasteiger partial charge in [-0.1, -0.05) is 24.6 Å². The summed E-state index contributed by atoms with van der Waals surface area (Å²) in [6, 6.07) is 0. The van der Waals surface area contributed by atoms with Gasteiger partial charge in [-0.3, -0.25) is 10.1 Å². The molecular weight excluding hydrogens is 302 g/mol. The van der Waals surface area contributed by atoms with Gasteiger partial charge in [-0.15, -0.1) is 0 Å². The molecule has 3 atom stereocenters. The number of hydrogen-bond donors (Lipinski definition) is 2. The van der Waals surface area contributed by atoms with E-state index in [-0.39, 0.29) is 6.61 Å². The summed E-state index contributed by atoms with van der Waals surface area (Å²) in [6.45, 7) is 8.76. The smallest absolute Gasteiger partial charge is 0.132 e. The van der Waals surface area contributed by atoms with Crippen LogP contribution in [-0.2, 0) is 9.68 Å². The first kappa shape index (κ1) is 19.2. The Morgan fingerprint density at radius 3 is 2.92 bits per heavy atom. The molecule has 2 fully saturated rings. The Hall–Kier alpha value is -1.13. The van der Waals surface area contributed by atoms with Crippen molar-refractivity contribution in [2.24, 2.45) is 23.0 Å². The number of nitrogens with two attached hydrogens (primary N) is 1. The molecule has 2 rings (SSSR count). The predicted molar refractivity (Wildman–Crippen MR) is 96.3 cm³/mol. The first-order valence-corrected chi connectivity index (χ1v) is 9.25. The zero-order valence-electron chi connectivity index (χ0n) is 15.3. The summed E-state index contributed by atoms with van der Waals surface area (Å²) in [7, 11) is 0. The molecule has 3 N–H and O–H groups in total. The van der Waals surface area contributed by atoms with Crippen LogP contribution < -0.4 is 5.73 Å². The fraction of sp³-hybridized carbons (Fsp3) is 0.750. The first-order valence-electron chi connectivity index (χ1n) is 9.25. The van der Waals surface area contributed by atoms with Gasteiger partial charge in [0, 0.05) is 18.5 Å². The molecule has 4 heteroatoms. The molecule has 2 saturated carbocycles. The molecule has 0 aromatic rings. The van der Waals surface area contributed by atoms with E-state index < -0.39 is 0 Å². The number of hydrogen-bond acceptors (Lipinski definition) is 4. The van der Waals surface area contributed by atoms with Crippen molar-refractivity contribution in [1.29, 1.82) is 0 Å². The zero-order valence-corrected chi connectivity index (χ0v) is 15.3. The van der Waals surface area contributed by atoms with Crippen molar-refractivity contribution in [3.8, 4) is 0 Å². The lowest BCUT2D eigenvalue weighted by atomic mass is 9.85. The number of carbonyl (C=O) groups excluding carboxylic acids is 1. The van der Waals surface area contributed by atoms with Crippen molar-refractivity contribution in [2.75, 3.05) is 6.61 Å². The van der Waals surface area contributed by atoms with Crippen molar-refractivity contribution >= 4 is 5.78 Å². The van der Waals surface area contributed by atoms with Gasteiger partial charge in [0.25, 0.3) is 0 Å². The molecule has 0 aromatic heterocycles. The van der Waals surface area contributed by atoms with E-state index in [1.165, 1.54) is 18.4 Å². The molecule has 0 aliphatic heterocycles. The molecule has 136 valence electrons. The Morgan fingerprint density at radius 1 is 1.46 bits per heavy atom. The maximum atomic E-state index is 12.1. The topological polar surface area (TPSA) is 72.6 Å².